The van der Waals surface area contributed by atoms with E-state index in [1.807, 2.05) is 6.08 Å². The van der Waals surface area contributed by atoms with Crippen molar-refractivity contribution in [3.05, 3.63) is 158 Å². The third-order valence-electron chi connectivity index (χ3n) is 20.0. The molecule has 0 bridgehead atoms. The second-order valence-electron chi connectivity index (χ2n) is 29.6. The monoisotopic (exact) mass is 1500 g/mol. The zero-order chi connectivity index (χ0) is 77.2. The van der Waals surface area contributed by atoms with Gasteiger partial charge in [-0.1, -0.05) is 371 Å². The summed E-state index contributed by atoms with van der Waals surface area (Å²) in [6, 6.07) is -0.943. The van der Waals surface area contributed by atoms with Crippen molar-refractivity contribution < 1.29 is 64.6 Å². The highest BCUT2D eigenvalue weighted by molar-refractivity contribution is 5.76. The standard InChI is InChI=1S/C93H157NO13/c1-3-5-7-9-11-13-15-17-19-21-23-25-27-29-31-33-35-37-38-39-40-41-42-43-44-45-47-49-51-53-55-57-59-61-63-65-67-69-71-73-75-77-85(98)94-81(80-104-92-90(103)88(101)91(84(79-96)106-92)107-93-89(102)87(100)86(99)83(78-95)105-93)82(97)76-74-72-70-68-66-64-62-60-58-56-54-52-50-48-46-36-34-32-30-28-26-24-22-20-18-16-14-12-10-8-6-4-2/h5,7,11,13,17,19,23,25,29,31,35,37,39-40,42-43,45,47,51,53,57,59,63,65,74,76,81-84,86-93,95-97,99-103H,3-4,6,8-10,12,14-16,18,20-22,24,26-28,30,32-34,36,38,41,44,46,48-50,52,54-56,58,60-62,64,66-73,75,77-80H2,1-2H3,(H,94,98)/b7-5-,13-11-,19-17-,25-23-,31-29-,37-35-,40-39-,43-42-,47-45-,53-51-,59-57-,65-63-,76-74+. The average molecular weight is 1500 g/mol. The summed E-state index contributed by atoms with van der Waals surface area (Å²) >= 11 is 0. The lowest BCUT2D eigenvalue weighted by atomic mass is 9.97. The first-order valence-electron chi connectivity index (χ1n) is 43.2. The van der Waals surface area contributed by atoms with Crippen molar-refractivity contribution in [2.45, 2.75) is 402 Å². The van der Waals surface area contributed by atoms with E-state index < -0.39 is 86.8 Å². The van der Waals surface area contributed by atoms with E-state index in [1.165, 1.54) is 180 Å². The summed E-state index contributed by atoms with van der Waals surface area (Å²) in [5.41, 5.74) is 0. The number of aliphatic hydroxyl groups is 8. The molecule has 612 valence electrons. The van der Waals surface area contributed by atoms with Gasteiger partial charge in [0.25, 0.3) is 0 Å². The predicted molar refractivity (Wildman–Crippen MR) is 447 cm³/mol. The Hall–Kier alpha value is -4.39. The molecule has 14 heteroatoms. The van der Waals surface area contributed by atoms with E-state index in [9.17, 15) is 45.6 Å². The molecule has 2 rings (SSSR count). The van der Waals surface area contributed by atoms with Crippen molar-refractivity contribution in [3.8, 4) is 0 Å². The molecule has 2 aliphatic rings. The molecule has 0 aromatic carbocycles. The maximum atomic E-state index is 13.4. The summed E-state index contributed by atoms with van der Waals surface area (Å²) < 4.78 is 22.9. The molecule has 0 aliphatic carbocycles. The maximum Gasteiger partial charge on any atom is 0.220 e. The van der Waals surface area contributed by atoms with Crippen LogP contribution in [0.15, 0.2) is 158 Å². The molecule has 9 N–H and O–H groups in total. The third-order valence-corrected chi connectivity index (χ3v) is 20.0. The zero-order valence-corrected chi connectivity index (χ0v) is 67.3. The molecule has 107 heavy (non-hydrogen) atoms. The minimum Gasteiger partial charge on any atom is -0.394 e. The number of carbonyl (C=O) groups is 1. The van der Waals surface area contributed by atoms with Crippen LogP contribution in [-0.2, 0) is 23.7 Å². The number of amides is 1. The van der Waals surface area contributed by atoms with Gasteiger partial charge in [0.2, 0.25) is 5.91 Å². The Labute approximate surface area is 652 Å². The molecule has 2 fully saturated rings. The summed E-state index contributed by atoms with van der Waals surface area (Å²) in [6.45, 7) is 2.70. The maximum absolute atomic E-state index is 13.4. The van der Waals surface area contributed by atoms with Gasteiger partial charge in [0.1, 0.15) is 48.8 Å². The van der Waals surface area contributed by atoms with Gasteiger partial charge in [0.05, 0.1) is 32.0 Å². The van der Waals surface area contributed by atoms with Crippen molar-refractivity contribution in [2.24, 2.45) is 0 Å². The van der Waals surface area contributed by atoms with E-state index in [0.717, 1.165) is 122 Å². The van der Waals surface area contributed by atoms with Crippen LogP contribution in [0.4, 0.5) is 0 Å². The molecule has 2 saturated heterocycles. The number of unbranched alkanes of at least 4 members (excludes halogenated alkanes) is 34. The number of allylic oxidation sites excluding steroid dienone is 25. The smallest absolute Gasteiger partial charge is 0.220 e. The van der Waals surface area contributed by atoms with Gasteiger partial charge in [-0.15, -0.1) is 0 Å². The van der Waals surface area contributed by atoms with E-state index in [2.05, 4.69) is 165 Å². The molecule has 2 heterocycles. The number of nitrogens with one attached hydrogen (secondary N) is 1. The lowest BCUT2D eigenvalue weighted by Gasteiger charge is -2.46. The zero-order valence-electron chi connectivity index (χ0n) is 67.3. The molecule has 14 nitrogen and oxygen atoms in total. The lowest BCUT2D eigenvalue weighted by Crippen LogP contribution is -2.65. The van der Waals surface area contributed by atoms with Gasteiger partial charge in [0.15, 0.2) is 12.6 Å². The van der Waals surface area contributed by atoms with Crippen LogP contribution in [0.5, 0.6) is 0 Å². The van der Waals surface area contributed by atoms with Crippen LogP contribution in [0.1, 0.15) is 328 Å². The van der Waals surface area contributed by atoms with Gasteiger partial charge >= 0.3 is 0 Å². The second kappa shape index (κ2) is 74.4. The number of hydrogen-bond acceptors (Lipinski definition) is 13. The van der Waals surface area contributed by atoms with Crippen molar-refractivity contribution in [1.82, 2.24) is 5.32 Å². The second-order valence-corrected chi connectivity index (χ2v) is 29.6. The first-order chi connectivity index (χ1) is 52.6. The Morgan fingerprint density at radius 3 is 0.991 bits per heavy atom. The predicted octanol–water partition coefficient (Wildman–Crippen LogP) is 20.9. The van der Waals surface area contributed by atoms with Gasteiger partial charge in [0, 0.05) is 6.42 Å². The van der Waals surface area contributed by atoms with E-state index in [0.29, 0.717) is 6.42 Å². The minimum absolute atomic E-state index is 0.242. The molecular formula is C93H157NO13. The molecule has 0 aromatic rings. The summed E-state index contributed by atoms with van der Waals surface area (Å²) in [7, 11) is 0. The van der Waals surface area contributed by atoms with Crippen LogP contribution in [0.25, 0.3) is 0 Å². The van der Waals surface area contributed by atoms with Gasteiger partial charge in [-0.05, 0) is 109 Å². The summed E-state index contributed by atoms with van der Waals surface area (Å²) in [4.78, 5) is 13.4. The van der Waals surface area contributed by atoms with Crippen LogP contribution in [0.2, 0.25) is 0 Å². The summed E-state index contributed by atoms with van der Waals surface area (Å²) in [6.07, 6.45) is 97.6. The average Bonchev–Trinajstić information content (AvgIpc) is 0.789. The molecule has 0 radical (unpaired) electrons. The Morgan fingerprint density at radius 2 is 0.645 bits per heavy atom. The van der Waals surface area contributed by atoms with Crippen LogP contribution in [0, 0.1) is 0 Å². The molecule has 1 amide bonds. The van der Waals surface area contributed by atoms with Crippen molar-refractivity contribution in [3.63, 3.8) is 0 Å². The van der Waals surface area contributed by atoms with Crippen LogP contribution >= 0.6 is 0 Å². The highest BCUT2D eigenvalue weighted by Gasteiger charge is 2.51. The molecule has 12 atom stereocenters. The van der Waals surface area contributed by atoms with Crippen molar-refractivity contribution in [1.29, 1.82) is 0 Å². The molecule has 0 spiro atoms. The van der Waals surface area contributed by atoms with Gasteiger partial charge in [-0.25, -0.2) is 0 Å². The normalized spacial score (nSPS) is 22.0. The van der Waals surface area contributed by atoms with Crippen LogP contribution in [-0.4, -0.2) is 140 Å². The Kier molecular flexibility index (Phi) is 68.6. The van der Waals surface area contributed by atoms with E-state index in [4.69, 9.17) is 18.9 Å². The Balaban J connectivity index is 1.63. The Bertz CT molecular complexity index is 2420. The van der Waals surface area contributed by atoms with Crippen molar-refractivity contribution in [2.75, 3.05) is 19.8 Å². The van der Waals surface area contributed by atoms with Gasteiger partial charge in [-0.2, -0.15) is 0 Å². The quantitative estimate of drug-likeness (QED) is 0.0204. The van der Waals surface area contributed by atoms with E-state index in [-0.39, 0.29) is 18.9 Å². The third kappa shape index (κ3) is 56.5. The molecule has 0 saturated carbocycles. The van der Waals surface area contributed by atoms with Crippen LogP contribution < -0.4 is 5.32 Å². The van der Waals surface area contributed by atoms with Crippen LogP contribution in [0.3, 0.4) is 0 Å². The number of hydrogen-bond donors (Lipinski definition) is 9. The largest absolute Gasteiger partial charge is 0.394 e. The number of aliphatic hydroxyl groups excluding tert-OH is 8. The SMILES string of the molecule is CC/C=C\C/C=C\C/C=C\C/C=C\C/C=C\C/C=C\C/C=C\C/C=C\C/C=C\C/C=C\C/C=C\C/C=C\CCCCCCC(=O)NC(COC1OC(CO)C(OC2OC(CO)C(O)C(O)C2O)C(O)C1O)C(O)/C=C/CCCCCCCCCCCCCCCCCCCCCCCCCCCCCCCC. The fourth-order valence-corrected chi connectivity index (χ4v) is 13.2. The fourth-order valence-electron chi connectivity index (χ4n) is 13.2. The Morgan fingerprint density at radius 1 is 0.346 bits per heavy atom. The molecule has 2 aliphatic heterocycles. The fraction of sp³-hybridized carbons (Fsp3) is 0.710. The molecule has 0 aromatic heterocycles. The number of rotatable bonds is 71. The van der Waals surface area contributed by atoms with Gasteiger partial charge < -0.3 is 65.1 Å². The number of ether oxygens (including phenoxy) is 4. The highest BCUT2D eigenvalue weighted by Crippen LogP contribution is 2.30. The number of carbonyl (C=O) groups excluding carboxylic acids is 1. The first kappa shape index (κ1) is 98.7. The topological polar surface area (TPSA) is 228 Å². The summed E-state index contributed by atoms with van der Waals surface area (Å²) in [5, 5.41) is 87.8. The lowest BCUT2D eigenvalue weighted by molar-refractivity contribution is -0.359. The molecular weight excluding hydrogens is 1340 g/mol. The first-order valence-corrected chi connectivity index (χ1v) is 43.2. The summed E-state index contributed by atoms with van der Waals surface area (Å²) in [5.74, 6) is -0.266. The van der Waals surface area contributed by atoms with E-state index in [1.54, 1.807) is 6.08 Å². The molecule has 12 unspecified atom stereocenters. The van der Waals surface area contributed by atoms with Gasteiger partial charge in [-0.3, -0.25) is 4.79 Å². The van der Waals surface area contributed by atoms with Crippen molar-refractivity contribution >= 4 is 5.91 Å². The highest BCUT2D eigenvalue weighted by atomic mass is 16.7. The van der Waals surface area contributed by atoms with E-state index >= 15 is 0 Å². The minimum atomic E-state index is -1.80.